The Hall–Kier alpha value is -0.0800. The van der Waals surface area contributed by atoms with Crippen LogP contribution < -0.4 is 11.5 Å². The lowest BCUT2D eigenvalue weighted by Crippen LogP contribution is -1.97. The molecule has 0 aliphatic carbocycles. The lowest BCUT2D eigenvalue weighted by molar-refractivity contribution is 0.551. The lowest BCUT2D eigenvalue weighted by Gasteiger charge is -2.01. The highest BCUT2D eigenvalue weighted by atomic mass is 14.5. The first-order valence-electron chi connectivity index (χ1n) is 12.7. The van der Waals surface area contributed by atoms with Gasteiger partial charge in [0, 0.05) is 0 Å². The van der Waals surface area contributed by atoms with Crippen LogP contribution in [0.2, 0.25) is 0 Å². The minimum Gasteiger partial charge on any atom is -0.330 e. The van der Waals surface area contributed by atoms with Crippen LogP contribution in [0.5, 0.6) is 0 Å². The molecule has 0 rings (SSSR count). The van der Waals surface area contributed by atoms with E-state index in [2.05, 4.69) is 13.8 Å². The topological polar surface area (TPSA) is 52.0 Å². The Balaban J connectivity index is 0. The monoisotopic (exact) mass is 384 g/mol. The van der Waals surface area contributed by atoms with E-state index in [9.17, 15) is 0 Å². The summed E-state index contributed by atoms with van der Waals surface area (Å²) in [5.41, 5.74) is 10.9. The Bertz CT molecular complexity index is 196. The molecule has 2 heteroatoms. The predicted molar refractivity (Wildman–Crippen MR) is 126 cm³/mol. The van der Waals surface area contributed by atoms with Gasteiger partial charge in [-0.25, -0.2) is 0 Å². The minimum absolute atomic E-state index is 0.872. The Labute approximate surface area is 173 Å². The second-order valence-corrected chi connectivity index (χ2v) is 8.29. The molecule has 0 aromatic carbocycles. The number of rotatable bonds is 21. The summed E-state index contributed by atoms with van der Waals surface area (Å²) in [4.78, 5) is 0. The van der Waals surface area contributed by atoms with Crippen LogP contribution in [0.15, 0.2) is 0 Å². The zero-order valence-electron chi connectivity index (χ0n) is 19.4. The summed E-state index contributed by atoms with van der Waals surface area (Å²) in [5, 5.41) is 0. The molecule has 0 aliphatic heterocycles. The van der Waals surface area contributed by atoms with Crippen molar-refractivity contribution in [3.8, 4) is 0 Å². The normalized spacial score (nSPS) is 10.7. The molecule has 0 heterocycles. The van der Waals surface area contributed by atoms with Crippen LogP contribution in [0.1, 0.15) is 149 Å². The van der Waals surface area contributed by atoms with E-state index >= 15 is 0 Å². The summed E-state index contributed by atoms with van der Waals surface area (Å²) in [6.45, 7) is 6.29. The third-order valence-corrected chi connectivity index (χ3v) is 5.37. The smallest absolute Gasteiger partial charge is 0.00773 e. The zero-order valence-corrected chi connectivity index (χ0v) is 19.4. The van der Waals surface area contributed by atoms with E-state index in [0.29, 0.717) is 0 Å². The van der Waals surface area contributed by atoms with E-state index in [1.807, 2.05) is 0 Å². The first-order valence-corrected chi connectivity index (χ1v) is 12.7. The van der Waals surface area contributed by atoms with E-state index in [1.165, 1.54) is 135 Å². The van der Waals surface area contributed by atoms with E-state index in [4.69, 9.17) is 11.5 Å². The first-order chi connectivity index (χ1) is 13.3. The lowest BCUT2D eigenvalue weighted by atomic mass is 10.1. The standard InChI is InChI=1S/C13H29N.C12H27N/c1-2-3-4-5-6-7-8-9-10-11-12-13-14;1-2-3-4-5-6-7-8-9-10-11-12-13/h2-14H2,1H3;2-13H2,1H3. The maximum absolute atomic E-state index is 5.44. The van der Waals surface area contributed by atoms with Crippen molar-refractivity contribution in [3.63, 3.8) is 0 Å². The molecular weight excluding hydrogens is 328 g/mol. The zero-order chi connectivity index (χ0) is 20.3. The molecule has 0 radical (unpaired) electrons. The van der Waals surface area contributed by atoms with E-state index in [0.717, 1.165) is 13.1 Å². The van der Waals surface area contributed by atoms with Crippen LogP contribution >= 0.6 is 0 Å². The van der Waals surface area contributed by atoms with Gasteiger partial charge >= 0.3 is 0 Å². The van der Waals surface area contributed by atoms with Gasteiger partial charge in [0.2, 0.25) is 0 Å². The maximum atomic E-state index is 5.44. The largest absolute Gasteiger partial charge is 0.330 e. The van der Waals surface area contributed by atoms with Crippen LogP contribution in [-0.4, -0.2) is 13.1 Å². The van der Waals surface area contributed by atoms with Gasteiger partial charge in [0.15, 0.2) is 0 Å². The van der Waals surface area contributed by atoms with Gasteiger partial charge in [0.1, 0.15) is 0 Å². The van der Waals surface area contributed by atoms with Gasteiger partial charge in [-0.05, 0) is 25.9 Å². The minimum atomic E-state index is 0.872. The molecule has 0 saturated heterocycles. The average Bonchev–Trinajstić information content (AvgIpc) is 2.69. The van der Waals surface area contributed by atoms with E-state index < -0.39 is 0 Å². The van der Waals surface area contributed by atoms with Crippen molar-refractivity contribution in [2.75, 3.05) is 13.1 Å². The summed E-state index contributed by atoms with van der Waals surface area (Å²) in [5.74, 6) is 0. The molecule has 0 atom stereocenters. The summed E-state index contributed by atoms with van der Waals surface area (Å²) in [6.07, 6.45) is 29.3. The van der Waals surface area contributed by atoms with Crippen molar-refractivity contribution in [2.45, 2.75) is 149 Å². The SMILES string of the molecule is CCCCCCCCCCCCCN.CCCCCCCCCCCCN. The second-order valence-electron chi connectivity index (χ2n) is 8.29. The molecule has 0 aromatic rings. The van der Waals surface area contributed by atoms with Crippen molar-refractivity contribution >= 4 is 0 Å². The van der Waals surface area contributed by atoms with Gasteiger partial charge in [-0.3, -0.25) is 0 Å². The van der Waals surface area contributed by atoms with Crippen molar-refractivity contribution in [3.05, 3.63) is 0 Å². The summed E-state index contributed by atoms with van der Waals surface area (Å²) < 4.78 is 0. The first kappa shape index (κ1) is 29.1. The summed E-state index contributed by atoms with van der Waals surface area (Å²) in [7, 11) is 0. The number of nitrogens with two attached hydrogens (primary N) is 2. The molecule has 0 unspecified atom stereocenters. The van der Waals surface area contributed by atoms with Crippen LogP contribution in [-0.2, 0) is 0 Å². The van der Waals surface area contributed by atoms with Crippen LogP contribution in [0.4, 0.5) is 0 Å². The Morgan fingerprint density at radius 1 is 0.296 bits per heavy atom. The number of hydrogen-bond acceptors (Lipinski definition) is 2. The van der Waals surface area contributed by atoms with Gasteiger partial charge in [0.05, 0.1) is 0 Å². The molecule has 2 nitrogen and oxygen atoms in total. The summed E-state index contributed by atoms with van der Waals surface area (Å²) in [6, 6.07) is 0. The molecule has 0 saturated carbocycles. The molecule has 4 N–H and O–H groups in total. The predicted octanol–water partition coefficient (Wildman–Crippen LogP) is 8.12. The highest BCUT2D eigenvalue weighted by molar-refractivity contribution is 4.48. The second kappa shape index (κ2) is 30.6. The van der Waals surface area contributed by atoms with Crippen LogP contribution in [0, 0.1) is 0 Å². The third kappa shape index (κ3) is 33.9. The van der Waals surface area contributed by atoms with E-state index in [-0.39, 0.29) is 0 Å². The Morgan fingerprint density at radius 2 is 0.481 bits per heavy atom. The van der Waals surface area contributed by atoms with Crippen LogP contribution in [0.3, 0.4) is 0 Å². The van der Waals surface area contributed by atoms with E-state index in [1.54, 1.807) is 0 Å². The highest BCUT2D eigenvalue weighted by Gasteiger charge is 1.92. The van der Waals surface area contributed by atoms with Crippen molar-refractivity contribution in [1.29, 1.82) is 0 Å². The van der Waals surface area contributed by atoms with Crippen molar-refractivity contribution < 1.29 is 0 Å². The fraction of sp³-hybridized carbons (Fsp3) is 1.00. The third-order valence-electron chi connectivity index (χ3n) is 5.37. The van der Waals surface area contributed by atoms with Gasteiger partial charge in [-0.1, -0.05) is 136 Å². The number of unbranched alkanes of at least 4 members (excludes halogenated alkanes) is 19. The highest BCUT2D eigenvalue weighted by Crippen LogP contribution is 2.11. The average molecular weight is 385 g/mol. The molecule has 0 spiro atoms. The van der Waals surface area contributed by atoms with Gasteiger partial charge in [-0.2, -0.15) is 0 Å². The van der Waals surface area contributed by atoms with Gasteiger partial charge in [0.25, 0.3) is 0 Å². The fourth-order valence-corrected chi connectivity index (χ4v) is 3.44. The maximum Gasteiger partial charge on any atom is -0.00773 e. The molecule has 27 heavy (non-hydrogen) atoms. The molecular formula is C25H56N2. The van der Waals surface area contributed by atoms with Gasteiger partial charge < -0.3 is 11.5 Å². The van der Waals surface area contributed by atoms with Crippen molar-refractivity contribution in [2.24, 2.45) is 11.5 Å². The Kier molecular flexibility index (Phi) is 33.1. The Morgan fingerprint density at radius 3 is 0.667 bits per heavy atom. The van der Waals surface area contributed by atoms with Crippen LogP contribution in [0.25, 0.3) is 0 Å². The molecule has 0 bridgehead atoms. The van der Waals surface area contributed by atoms with Gasteiger partial charge in [-0.15, -0.1) is 0 Å². The quantitative estimate of drug-likeness (QED) is 0.196. The molecule has 166 valence electrons. The molecule has 0 aromatic heterocycles. The summed E-state index contributed by atoms with van der Waals surface area (Å²) >= 11 is 0. The number of hydrogen-bond donors (Lipinski definition) is 2. The molecule has 0 amide bonds. The molecule has 0 fully saturated rings. The molecule has 0 aliphatic rings. The van der Waals surface area contributed by atoms with Crippen molar-refractivity contribution in [1.82, 2.24) is 0 Å². The fourth-order valence-electron chi connectivity index (χ4n) is 3.44.